The molecule has 1 aliphatic rings. The van der Waals surface area contributed by atoms with Crippen LogP contribution in [0.4, 0.5) is 14.6 Å². The number of fused-ring (bicyclic) bond motifs is 1. The third-order valence-corrected chi connectivity index (χ3v) is 5.55. The van der Waals surface area contributed by atoms with E-state index in [1.807, 2.05) is 11.4 Å². The van der Waals surface area contributed by atoms with Gasteiger partial charge in [-0.1, -0.05) is 0 Å². The Morgan fingerprint density at radius 3 is 2.77 bits per heavy atom. The number of anilines is 1. The molecule has 1 fully saturated rings. The van der Waals surface area contributed by atoms with E-state index in [-0.39, 0.29) is 0 Å². The number of hydrogen-bond donors (Lipinski definition) is 0. The molecule has 136 valence electrons. The molecule has 0 aromatic carbocycles. The fourth-order valence-electron chi connectivity index (χ4n) is 3.33. The Balaban J connectivity index is 1.43. The second-order valence-corrected chi connectivity index (χ2v) is 7.27. The van der Waals surface area contributed by atoms with E-state index in [0.717, 1.165) is 48.0 Å². The summed E-state index contributed by atoms with van der Waals surface area (Å²) in [5.41, 5.74) is -0.891. The van der Waals surface area contributed by atoms with Gasteiger partial charge in [0, 0.05) is 25.7 Å². The van der Waals surface area contributed by atoms with E-state index in [4.69, 9.17) is 0 Å². The molecule has 0 N–H and O–H groups in total. The number of aromatic nitrogens is 4. The van der Waals surface area contributed by atoms with Crippen molar-refractivity contribution in [1.29, 1.82) is 0 Å². The molecule has 0 unspecified atom stereocenters. The van der Waals surface area contributed by atoms with Gasteiger partial charge in [-0.05, 0) is 30.2 Å². The molecular weight excluding hydrogens is 360 g/mol. The quantitative estimate of drug-likeness (QED) is 0.699. The van der Waals surface area contributed by atoms with Gasteiger partial charge in [0.2, 0.25) is 0 Å². The first-order valence-electron chi connectivity index (χ1n) is 8.39. The van der Waals surface area contributed by atoms with E-state index in [1.165, 1.54) is 10.9 Å². The van der Waals surface area contributed by atoms with Gasteiger partial charge >= 0.3 is 0 Å². The van der Waals surface area contributed by atoms with Gasteiger partial charge in [0.1, 0.15) is 22.7 Å². The average molecular weight is 377 g/mol. The number of hydrogen-bond acceptors (Lipinski definition) is 6. The van der Waals surface area contributed by atoms with Crippen LogP contribution in [-0.4, -0.2) is 32.6 Å². The van der Waals surface area contributed by atoms with Crippen molar-refractivity contribution in [3.05, 3.63) is 46.2 Å². The van der Waals surface area contributed by atoms with Crippen LogP contribution in [0.1, 0.15) is 25.0 Å². The van der Waals surface area contributed by atoms with Crippen molar-refractivity contribution in [2.45, 2.75) is 25.8 Å². The lowest BCUT2D eigenvalue weighted by atomic mass is 9.96. The maximum absolute atomic E-state index is 12.6. The highest BCUT2D eigenvalue weighted by atomic mass is 32.1. The Hall–Kier alpha value is -2.42. The molecule has 0 atom stereocenters. The van der Waals surface area contributed by atoms with E-state index in [0.29, 0.717) is 12.5 Å². The van der Waals surface area contributed by atoms with Crippen LogP contribution in [0.25, 0.3) is 10.2 Å². The topological polar surface area (TPSA) is 63.9 Å². The first kappa shape index (κ1) is 17.0. The second kappa shape index (κ2) is 7.06. The summed E-state index contributed by atoms with van der Waals surface area (Å²) in [5.74, 6) is 1.26. The summed E-state index contributed by atoms with van der Waals surface area (Å²) in [6, 6.07) is 2.96. The van der Waals surface area contributed by atoms with Crippen LogP contribution in [0.3, 0.4) is 0 Å². The molecule has 6 nitrogen and oxygen atoms in total. The van der Waals surface area contributed by atoms with Crippen LogP contribution in [0.2, 0.25) is 0 Å². The lowest BCUT2D eigenvalue weighted by molar-refractivity contribution is 0.145. The van der Waals surface area contributed by atoms with Gasteiger partial charge in [-0.25, -0.2) is 23.7 Å². The number of piperidine rings is 1. The van der Waals surface area contributed by atoms with E-state index in [1.54, 1.807) is 17.7 Å². The lowest BCUT2D eigenvalue weighted by Gasteiger charge is -2.33. The molecule has 26 heavy (non-hydrogen) atoms. The number of nitrogens with zero attached hydrogens (tertiary/aromatic N) is 5. The molecule has 4 rings (SSSR count). The van der Waals surface area contributed by atoms with Crippen LogP contribution >= 0.6 is 11.3 Å². The number of halogens is 2. The van der Waals surface area contributed by atoms with Crippen molar-refractivity contribution in [3.63, 3.8) is 0 Å². The van der Waals surface area contributed by atoms with Gasteiger partial charge in [-0.2, -0.15) is 0 Å². The third-order valence-electron chi connectivity index (χ3n) is 4.73. The van der Waals surface area contributed by atoms with Gasteiger partial charge < -0.3 is 4.90 Å². The monoisotopic (exact) mass is 377 g/mol. The standard InChI is InChI=1S/C17H17F2N5OS/c18-15(19)13-7-14(25)24(10-22-13)8-11-1-4-23(5-2-11)16-12-3-6-26-17(12)21-9-20-16/h3,6-7,9-11,15H,1-2,4-5,8H2. The molecule has 1 saturated heterocycles. The summed E-state index contributed by atoms with van der Waals surface area (Å²) in [6.45, 7) is 2.18. The molecule has 3 aromatic rings. The van der Waals surface area contributed by atoms with E-state index in [9.17, 15) is 13.6 Å². The number of rotatable bonds is 4. The van der Waals surface area contributed by atoms with Crippen molar-refractivity contribution in [3.8, 4) is 0 Å². The smallest absolute Gasteiger partial charge is 0.280 e. The highest BCUT2D eigenvalue weighted by molar-refractivity contribution is 7.16. The summed E-state index contributed by atoms with van der Waals surface area (Å²) < 4.78 is 26.6. The Kier molecular flexibility index (Phi) is 4.62. The SMILES string of the molecule is O=c1cc(C(F)F)ncn1CC1CCN(c2ncnc3sccc23)CC1. The predicted molar refractivity (Wildman–Crippen MR) is 95.8 cm³/mol. The molecule has 0 aliphatic carbocycles. The van der Waals surface area contributed by atoms with Crippen LogP contribution in [0.15, 0.2) is 35.0 Å². The van der Waals surface area contributed by atoms with Crippen LogP contribution in [0.5, 0.6) is 0 Å². The summed E-state index contributed by atoms with van der Waals surface area (Å²) in [6.07, 6.45) is 1.91. The fourth-order valence-corrected chi connectivity index (χ4v) is 4.06. The summed E-state index contributed by atoms with van der Waals surface area (Å²) >= 11 is 1.60. The maximum Gasteiger partial charge on any atom is 0.280 e. The Morgan fingerprint density at radius 1 is 1.23 bits per heavy atom. The molecule has 0 amide bonds. The second-order valence-electron chi connectivity index (χ2n) is 6.37. The zero-order valence-electron chi connectivity index (χ0n) is 13.9. The Labute approximate surface area is 152 Å². The van der Waals surface area contributed by atoms with Gasteiger partial charge in [-0.15, -0.1) is 11.3 Å². The highest BCUT2D eigenvalue weighted by Gasteiger charge is 2.23. The van der Waals surface area contributed by atoms with E-state index in [2.05, 4.69) is 19.9 Å². The molecule has 0 spiro atoms. The number of thiophene rings is 1. The Bertz CT molecular complexity index is 965. The number of alkyl halides is 2. The molecule has 1 aliphatic heterocycles. The van der Waals surface area contributed by atoms with Crippen molar-refractivity contribution in [2.75, 3.05) is 18.0 Å². The molecule has 9 heteroatoms. The van der Waals surface area contributed by atoms with Crippen LogP contribution < -0.4 is 10.5 Å². The predicted octanol–water partition coefficient (Wildman–Crippen LogP) is 3.10. The van der Waals surface area contributed by atoms with Gasteiger partial charge in [0.15, 0.2) is 0 Å². The molecule has 0 saturated carbocycles. The van der Waals surface area contributed by atoms with Crippen molar-refractivity contribution < 1.29 is 8.78 Å². The van der Waals surface area contributed by atoms with Crippen LogP contribution in [0, 0.1) is 5.92 Å². The maximum atomic E-state index is 12.6. The largest absolute Gasteiger partial charge is 0.356 e. The summed E-state index contributed by atoms with van der Waals surface area (Å²) in [5, 5.41) is 3.08. The minimum atomic E-state index is -2.72. The fraction of sp³-hybridized carbons (Fsp3) is 0.412. The van der Waals surface area contributed by atoms with Gasteiger partial charge in [0.25, 0.3) is 12.0 Å². The molecule has 0 radical (unpaired) electrons. The van der Waals surface area contributed by atoms with Gasteiger partial charge in [-0.3, -0.25) is 9.36 Å². The van der Waals surface area contributed by atoms with E-state index >= 15 is 0 Å². The highest BCUT2D eigenvalue weighted by Crippen LogP contribution is 2.30. The van der Waals surface area contributed by atoms with Crippen molar-refractivity contribution >= 4 is 27.4 Å². The minimum absolute atomic E-state index is 0.308. The normalized spacial score (nSPS) is 15.9. The first-order valence-corrected chi connectivity index (χ1v) is 9.27. The molecule has 3 aromatic heterocycles. The molecular formula is C17H17F2N5OS. The zero-order valence-corrected chi connectivity index (χ0v) is 14.7. The molecule has 0 bridgehead atoms. The Morgan fingerprint density at radius 2 is 2.04 bits per heavy atom. The van der Waals surface area contributed by atoms with Gasteiger partial charge in [0.05, 0.1) is 11.7 Å². The van der Waals surface area contributed by atoms with E-state index < -0.39 is 17.7 Å². The molecule has 4 heterocycles. The third kappa shape index (κ3) is 3.31. The minimum Gasteiger partial charge on any atom is -0.356 e. The summed E-state index contributed by atoms with van der Waals surface area (Å²) in [4.78, 5) is 27.6. The zero-order chi connectivity index (χ0) is 18.1. The lowest BCUT2D eigenvalue weighted by Crippen LogP contribution is -2.37. The first-order chi connectivity index (χ1) is 12.6. The van der Waals surface area contributed by atoms with Crippen LogP contribution in [-0.2, 0) is 6.54 Å². The van der Waals surface area contributed by atoms with Crippen molar-refractivity contribution in [2.24, 2.45) is 5.92 Å². The average Bonchev–Trinajstić information content (AvgIpc) is 3.13. The van der Waals surface area contributed by atoms with Crippen molar-refractivity contribution in [1.82, 2.24) is 19.5 Å². The summed E-state index contributed by atoms with van der Waals surface area (Å²) in [7, 11) is 0.